The largest absolute Gasteiger partial charge is 0.478 e. The maximum Gasteiger partial charge on any atom is 0.335 e. The number of hydrogen-bond donors (Lipinski definition) is 6. The molecule has 0 fully saturated rings. The van der Waals surface area contributed by atoms with Crippen LogP contribution in [-0.2, 0) is 0 Å². The standard InChI is InChI=1S/C90H48O12/c91-85(92)67-37-25-61(26-38-67)79-49-73-19-13-55-1-2-56(4-3-55)14-20-74-50-80(62-27-39-68(40-28-62)86(93)94)82(64-31-43-70(44-32-64)88(97)98)52-76(74)22-16-58-9-11-60(12-10-58)18-24-78-54-84(66-35-47-72(48-36-66)90(101)102)83(65-33-45-71(46-34-65)89(99)100)53-77(78)23-17-59-7-5-57(6-8-59)15-21-75(73)51-81(79)63-29-41-69(42-30-63)87(95)96/h1-12,25-54H,(H,91,92)(H,93,94)(H,95,96)(H,97,98)(H,99,100)(H,101,102). The Labute approximate surface area is 584 Å². The van der Waals surface area contributed by atoms with Crippen LogP contribution < -0.4 is 0 Å². The number of benzene rings is 12. The van der Waals surface area contributed by atoms with Gasteiger partial charge in [0, 0.05) is 64.6 Å². The second-order valence-corrected chi connectivity index (χ2v) is 23.4. The van der Waals surface area contributed by atoms with Crippen molar-refractivity contribution in [2.45, 2.75) is 0 Å². The number of hydrogen-bond acceptors (Lipinski definition) is 6. The Morgan fingerprint density at radius 1 is 0.167 bits per heavy atom. The number of carboxylic acids is 6. The van der Waals surface area contributed by atoms with Gasteiger partial charge in [-0.1, -0.05) is 146 Å². The molecule has 0 aliphatic heterocycles. The van der Waals surface area contributed by atoms with E-state index < -0.39 is 35.8 Å². The van der Waals surface area contributed by atoms with Crippen molar-refractivity contribution in [2.24, 2.45) is 0 Å². The molecule has 0 aliphatic carbocycles. The van der Waals surface area contributed by atoms with E-state index in [1.807, 2.05) is 109 Å². The number of carboxylic acid groups (broad SMARTS) is 6. The van der Waals surface area contributed by atoms with Gasteiger partial charge in [0.05, 0.1) is 33.4 Å². The van der Waals surface area contributed by atoms with Gasteiger partial charge in [-0.3, -0.25) is 0 Å². The van der Waals surface area contributed by atoms with E-state index in [9.17, 15) is 59.4 Å². The molecule has 16 rings (SSSR count). The fourth-order valence-corrected chi connectivity index (χ4v) is 11.4. The SMILES string of the molecule is O=C(O)c1ccc(-c2cc3c#cc4ccc(c#cc5cc(-c6ccc(C(=O)O)cc6)c(-c6ccc(C(=O)O)cc6)cc5c#cc5ccc(c#cc6cc(-c7ccc(C(=O)O)cc7)c(-c7ccc(C(=O)O)cc7)cc6c#cc6ccc(c#cc3cc2-c2ccc(C(=O)O)cc2)cc6)cc5)cc4)cc1. The summed E-state index contributed by atoms with van der Waals surface area (Å²) in [6.45, 7) is 0. The Morgan fingerprint density at radius 2 is 0.284 bits per heavy atom. The van der Waals surface area contributed by atoms with Crippen LogP contribution in [0.4, 0.5) is 0 Å². The van der Waals surface area contributed by atoms with Gasteiger partial charge in [-0.2, -0.15) is 0 Å². The third-order valence-corrected chi connectivity index (χ3v) is 16.8. The van der Waals surface area contributed by atoms with E-state index in [0.717, 1.165) is 0 Å². The van der Waals surface area contributed by atoms with Crippen LogP contribution in [0.5, 0.6) is 0 Å². The van der Waals surface area contributed by atoms with Crippen LogP contribution in [0.25, 0.3) is 131 Å². The Kier molecular flexibility index (Phi) is 18.4. The molecule has 0 atom stereocenters. The molecule has 6 N–H and O–H groups in total. The van der Waals surface area contributed by atoms with Gasteiger partial charge in [0.1, 0.15) is 0 Å². The summed E-state index contributed by atoms with van der Waals surface area (Å²) in [5.74, 6) is -6.57. The Balaban J connectivity index is 1.07. The molecular formula is C90H48O12. The van der Waals surface area contributed by atoms with Crippen LogP contribution >= 0.6 is 0 Å². The summed E-state index contributed by atoms with van der Waals surface area (Å²) < 4.78 is 0. The minimum atomic E-state index is -1.10. The first-order valence-electron chi connectivity index (χ1n) is 31.4. The van der Waals surface area contributed by atoms with E-state index in [2.05, 4.69) is 72.8 Å². The normalized spacial score (nSPS) is 10.4. The van der Waals surface area contributed by atoms with Crippen LogP contribution in [0.3, 0.4) is 0 Å². The van der Waals surface area contributed by atoms with Gasteiger partial charge in [0.15, 0.2) is 0 Å². The highest BCUT2D eigenvalue weighted by Crippen LogP contribution is 2.39. The summed E-state index contributed by atoms with van der Waals surface area (Å²) in [7, 11) is 0. The molecule has 16 aromatic carbocycles. The molecule has 0 unspecified atom stereocenters. The van der Waals surface area contributed by atoms with Crippen LogP contribution in [0.1, 0.15) is 62.1 Å². The average molecular weight is 1320 g/mol. The predicted molar refractivity (Wildman–Crippen MR) is 391 cm³/mol. The zero-order chi connectivity index (χ0) is 71.0. The lowest BCUT2D eigenvalue weighted by atomic mass is 9.91. The lowest BCUT2D eigenvalue weighted by Crippen LogP contribution is -1.96. The zero-order valence-corrected chi connectivity index (χ0v) is 53.4. The Bertz CT molecular complexity index is 4900. The van der Waals surface area contributed by atoms with Crippen molar-refractivity contribution in [1.82, 2.24) is 0 Å². The van der Waals surface area contributed by atoms with Gasteiger partial charge in [0.2, 0.25) is 0 Å². The molecule has 12 nitrogen and oxygen atoms in total. The third kappa shape index (κ3) is 14.8. The van der Waals surface area contributed by atoms with Crippen molar-refractivity contribution in [1.29, 1.82) is 0 Å². The molecule has 0 heterocycles. The maximum atomic E-state index is 12.0. The number of rotatable bonds is 12. The molecule has 0 aliphatic rings. The molecule has 0 saturated carbocycles. The summed E-state index contributed by atoms with van der Waals surface area (Å²) in [6.07, 6.45) is 0. The van der Waals surface area contributed by atoms with Crippen LogP contribution in [0.15, 0.2) is 255 Å². The zero-order valence-electron chi connectivity index (χ0n) is 53.4. The minimum absolute atomic E-state index is 0.0845. The molecule has 16 aromatic rings. The van der Waals surface area contributed by atoms with Gasteiger partial charge >= 0.3 is 35.8 Å². The highest BCUT2D eigenvalue weighted by atomic mass is 16.4. The van der Waals surface area contributed by atoms with Gasteiger partial charge in [0.25, 0.3) is 0 Å². The van der Waals surface area contributed by atoms with Crippen molar-refractivity contribution in [3.63, 3.8) is 0 Å². The van der Waals surface area contributed by atoms with Crippen LogP contribution in [-0.4, -0.2) is 66.5 Å². The van der Waals surface area contributed by atoms with Gasteiger partial charge < -0.3 is 30.6 Å². The molecule has 102 heavy (non-hydrogen) atoms. The number of carbonyl (C=O) groups is 6. The first kappa shape index (κ1) is 65.5. The highest BCUT2D eigenvalue weighted by molar-refractivity contribution is 6.01. The number of aromatic carboxylic acids is 6. The maximum absolute atomic E-state index is 12.0. The van der Waals surface area contributed by atoms with Gasteiger partial charge in [-0.15, -0.1) is 0 Å². The second-order valence-electron chi connectivity index (χ2n) is 23.4. The Morgan fingerprint density at radius 3 is 0.392 bits per heavy atom. The molecule has 480 valence electrons. The van der Waals surface area contributed by atoms with Gasteiger partial charge in [-0.25, -0.2) is 28.8 Å². The second kappa shape index (κ2) is 28.6. The van der Waals surface area contributed by atoms with E-state index >= 15 is 0 Å². The van der Waals surface area contributed by atoms with Crippen molar-refractivity contribution < 1.29 is 59.4 Å². The molecule has 0 aromatic heterocycles. The third-order valence-electron chi connectivity index (χ3n) is 16.8. The summed E-state index contributed by atoms with van der Waals surface area (Å²) >= 11 is 0. The topological polar surface area (TPSA) is 224 Å². The molecule has 0 amide bonds. The van der Waals surface area contributed by atoms with Crippen molar-refractivity contribution in [3.8, 4) is 66.8 Å². The minimum Gasteiger partial charge on any atom is -0.478 e. The van der Waals surface area contributed by atoms with E-state index in [1.165, 1.54) is 72.8 Å². The summed E-state index contributed by atoms with van der Waals surface area (Å²) in [6, 6.07) is 112. The Hall–Kier alpha value is -15.2. The lowest BCUT2D eigenvalue weighted by Gasteiger charge is -2.12. The summed E-state index contributed by atoms with van der Waals surface area (Å²) in [5, 5.41) is 66.0. The molecule has 0 radical (unpaired) electrons. The fraction of sp³-hybridized carbons (Fsp3) is 0. The highest BCUT2D eigenvalue weighted by Gasteiger charge is 2.17. The first-order valence-corrected chi connectivity index (χ1v) is 31.4. The van der Waals surface area contributed by atoms with Crippen molar-refractivity contribution in [3.05, 3.63) is 361 Å². The van der Waals surface area contributed by atoms with Crippen LogP contribution in [0.2, 0.25) is 0 Å². The van der Waals surface area contributed by atoms with E-state index in [1.54, 1.807) is 72.8 Å². The van der Waals surface area contributed by atoms with Crippen molar-refractivity contribution >= 4 is 100 Å². The molecular weight excluding hydrogens is 1270 g/mol. The fourth-order valence-electron chi connectivity index (χ4n) is 11.4. The quantitative estimate of drug-likeness (QED) is 0.0672. The molecule has 0 saturated heterocycles. The number of fused-ring (bicyclic) bond motifs is 3. The molecule has 6 bridgehead atoms. The van der Waals surface area contributed by atoms with E-state index in [-0.39, 0.29) is 33.4 Å². The molecule has 12 heteroatoms. The molecule has 0 spiro atoms. The lowest BCUT2D eigenvalue weighted by molar-refractivity contribution is 0.0686. The van der Waals surface area contributed by atoms with Crippen molar-refractivity contribution in [2.75, 3.05) is 0 Å². The first-order chi connectivity index (χ1) is 49.4. The monoisotopic (exact) mass is 1320 g/mol. The van der Waals surface area contributed by atoms with Gasteiger partial charge in [-0.05, 0) is 249 Å². The van der Waals surface area contributed by atoms with E-state index in [4.69, 9.17) is 0 Å². The van der Waals surface area contributed by atoms with Crippen LogP contribution in [0, 0.1) is 72.8 Å². The summed E-state index contributed by atoms with van der Waals surface area (Å²) in [4.78, 5) is 72.2. The van der Waals surface area contributed by atoms with E-state index in [0.29, 0.717) is 131 Å². The summed E-state index contributed by atoms with van der Waals surface area (Å²) in [5.41, 5.74) is 8.50. The smallest absolute Gasteiger partial charge is 0.335 e. The predicted octanol–water partition coefficient (Wildman–Crippen LogP) is 19.5. The average Bonchev–Trinajstić information content (AvgIpc) is 0.794.